The monoisotopic (exact) mass is 299 g/mol. The zero-order valence-electron chi connectivity index (χ0n) is 13.0. The zero-order valence-corrected chi connectivity index (χ0v) is 13.0. The van der Waals surface area contributed by atoms with Crippen LogP contribution < -0.4 is 5.32 Å². The Balaban J connectivity index is 2.07. The number of carbonyl (C=O) groups is 1. The molecule has 2 aromatic rings. The van der Waals surface area contributed by atoms with Gasteiger partial charge in [-0.1, -0.05) is 43.0 Å². The Hall–Kier alpha value is -2.33. The number of anilines is 1. The molecule has 4 heteroatoms. The molecule has 0 saturated heterocycles. The van der Waals surface area contributed by atoms with E-state index in [4.69, 9.17) is 9.47 Å². The first-order valence-electron chi connectivity index (χ1n) is 7.19. The Morgan fingerprint density at radius 3 is 2.68 bits per heavy atom. The summed E-state index contributed by atoms with van der Waals surface area (Å²) >= 11 is 0. The average molecular weight is 299 g/mol. The average Bonchev–Trinajstić information content (AvgIpc) is 2.52. The molecule has 1 atom stereocenters. The summed E-state index contributed by atoms with van der Waals surface area (Å²) in [6.07, 6.45) is -0.367. The van der Waals surface area contributed by atoms with E-state index >= 15 is 0 Å². The van der Waals surface area contributed by atoms with Crippen molar-refractivity contribution in [3.63, 3.8) is 0 Å². The van der Waals surface area contributed by atoms with Gasteiger partial charge in [-0.15, -0.1) is 0 Å². The minimum Gasteiger partial charge on any atom is -0.455 e. The highest BCUT2D eigenvalue weighted by Gasteiger charge is 2.15. The van der Waals surface area contributed by atoms with Crippen molar-refractivity contribution in [2.24, 2.45) is 0 Å². The SMILES string of the molecule is C=C(C)C(=O)OC(CNc1cccc2ccccc12)COC. The van der Waals surface area contributed by atoms with Crippen LogP contribution in [0.1, 0.15) is 6.92 Å². The van der Waals surface area contributed by atoms with Crippen molar-refractivity contribution in [3.05, 3.63) is 54.6 Å². The van der Waals surface area contributed by atoms with E-state index in [0.29, 0.717) is 18.7 Å². The molecule has 0 bridgehead atoms. The minimum atomic E-state index is -0.401. The molecule has 1 unspecified atom stereocenters. The van der Waals surface area contributed by atoms with Gasteiger partial charge in [-0.25, -0.2) is 4.79 Å². The first-order valence-corrected chi connectivity index (χ1v) is 7.19. The number of benzene rings is 2. The van der Waals surface area contributed by atoms with E-state index < -0.39 is 5.97 Å². The van der Waals surface area contributed by atoms with Gasteiger partial charge in [0.1, 0.15) is 6.10 Å². The Morgan fingerprint density at radius 2 is 1.95 bits per heavy atom. The van der Waals surface area contributed by atoms with E-state index in [-0.39, 0.29) is 6.10 Å². The van der Waals surface area contributed by atoms with Crippen molar-refractivity contribution < 1.29 is 14.3 Å². The van der Waals surface area contributed by atoms with Crippen LogP contribution in [0.15, 0.2) is 54.6 Å². The number of rotatable bonds is 7. The fraction of sp³-hybridized carbons (Fsp3) is 0.278. The van der Waals surface area contributed by atoms with Crippen LogP contribution in [0.25, 0.3) is 10.8 Å². The maximum Gasteiger partial charge on any atom is 0.333 e. The Kier molecular flexibility index (Phi) is 5.55. The third kappa shape index (κ3) is 4.09. The number of hydrogen-bond acceptors (Lipinski definition) is 4. The lowest BCUT2D eigenvalue weighted by Crippen LogP contribution is -2.30. The van der Waals surface area contributed by atoms with Gasteiger partial charge in [0.15, 0.2) is 0 Å². The minimum absolute atomic E-state index is 0.330. The molecule has 116 valence electrons. The quantitative estimate of drug-likeness (QED) is 0.629. The highest BCUT2D eigenvalue weighted by Crippen LogP contribution is 2.22. The van der Waals surface area contributed by atoms with E-state index in [1.54, 1.807) is 14.0 Å². The van der Waals surface area contributed by atoms with Crippen LogP contribution in [-0.4, -0.2) is 32.3 Å². The van der Waals surface area contributed by atoms with Gasteiger partial charge in [0.2, 0.25) is 0 Å². The third-order valence-corrected chi connectivity index (χ3v) is 3.28. The van der Waals surface area contributed by atoms with Crippen molar-refractivity contribution in [2.45, 2.75) is 13.0 Å². The fourth-order valence-electron chi connectivity index (χ4n) is 2.18. The van der Waals surface area contributed by atoms with Crippen molar-refractivity contribution >= 4 is 22.4 Å². The van der Waals surface area contributed by atoms with Crippen LogP contribution in [0.2, 0.25) is 0 Å². The summed E-state index contributed by atoms with van der Waals surface area (Å²) in [5.74, 6) is -0.401. The predicted octanol–water partition coefficient (Wildman–Crippen LogP) is 3.39. The molecule has 2 aromatic carbocycles. The van der Waals surface area contributed by atoms with E-state index in [0.717, 1.165) is 16.5 Å². The molecular formula is C18H21NO3. The second-order valence-corrected chi connectivity index (χ2v) is 5.17. The Bertz CT molecular complexity index is 661. The number of esters is 1. The largest absolute Gasteiger partial charge is 0.455 e. The van der Waals surface area contributed by atoms with Crippen molar-refractivity contribution in [3.8, 4) is 0 Å². The Labute approximate surface area is 130 Å². The molecule has 1 N–H and O–H groups in total. The van der Waals surface area contributed by atoms with Crippen molar-refractivity contribution in [2.75, 3.05) is 25.6 Å². The molecule has 4 nitrogen and oxygen atoms in total. The number of fused-ring (bicyclic) bond motifs is 1. The van der Waals surface area contributed by atoms with E-state index in [9.17, 15) is 4.79 Å². The van der Waals surface area contributed by atoms with Crippen LogP contribution in [0.3, 0.4) is 0 Å². The van der Waals surface area contributed by atoms with Gasteiger partial charge in [-0.05, 0) is 18.4 Å². The van der Waals surface area contributed by atoms with Gasteiger partial charge in [0.05, 0.1) is 13.2 Å². The van der Waals surface area contributed by atoms with Gasteiger partial charge < -0.3 is 14.8 Å². The summed E-state index contributed by atoms with van der Waals surface area (Å²) < 4.78 is 10.5. The molecule has 0 radical (unpaired) electrons. The lowest BCUT2D eigenvalue weighted by molar-refractivity contribution is -0.145. The predicted molar refractivity (Wildman–Crippen MR) is 89.0 cm³/mol. The highest BCUT2D eigenvalue weighted by molar-refractivity contribution is 5.93. The molecule has 2 rings (SSSR count). The topological polar surface area (TPSA) is 47.6 Å². The van der Waals surface area contributed by atoms with Gasteiger partial charge in [0.25, 0.3) is 0 Å². The van der Waals surface area contributed by atoms with Crippen molar-refractivity contribution in [1.82, 2.24) is 0 Å². The summed E-state index contributed by atoms with van der Waals surface area (Å²) in [6, 6.07) is 14.2. The van der Waals surface area contributed by atoms with E-state index in [1.165, 1.54) is 0 Å². The summed E-state index contributed by atoms with van der Waals surface area (Å²) in [6.45, 7) is 6.02. The number of methoxy groups -OCH3 is 1. The van der Waals surface area contributed by atoms with Crippen LogP contribution in [-0.2, 0) is 14.3 Å². The highest BCUT2D eigenvalue weighted by atomic mass is 16.6. The number of carbonyl (C=O) groups excluding carboxylic acids is 1. The van der Waals surface area contributed by atoms with Crippen molar-refractivity contribution in [1.29, 1.82) is 0 Å². The molecule has 0 aliphatic rings. The summed E-state index contributed by atoms with van der Waals surface area (Å²) in [4.78, 5) is 11.6. The molecule has 0 aliphatic carbocycles. The van der Waals surface area contributed by atoms with Crippen LogP contribution in [0.4, 0.5) is 5.69 Å². The third-order valence-electron chi connectivity index (χ3n) is 3.28. The molecule has 0 aliphatic heterocycles. The molecule has 0 aromatic heterocycles. The normalized spacial score (nSPS) is 11.9. The molecule has 0 spiro atoms. The molecule has 0 heterocycles. The van der Waals surface area contributed by atoms with Crippen LogP contribution in [0, 0.1) is 0 Å². The fourth-order valence-corrected chi connectivity index (χ4v) is 2.18. The first kappa shape index (κ1) is 16.0. The maximum absolute atomic E-state index is 11.6. The van der Waals surface area contributed by atoms with E-state index in [2.05, 4.69) is 30.1 Å². The molecule has 22 heavy (non-hydrogen) atoms. The molecule has 0 saturated carbocycles. The van der Waals surface area contributed by atoms with Gasteiger partial charge >= 0.3 is 5.97 Å². The summed E-state index contributed by atoms with van der Waals surface area (Å²) in [7, 11) is 1.58. The summed E-state index contributed by atoms with van der Waals surface area (Å²) in [5, 5.41) is 5.62. The van der Waals surface area contributed by atoms with Gasteiger partial charge in [-0.3, -0.25) is 0 Å². The lowest BCUT2D eigenvalue weighted by atomic mass is 10.1. The standard InChI is InChI=1S/C18H21NO3/c1-13(2)18(20)22-15(12-21-3)11-19-17-10-6-8-14-7-4-5-9-16(14)17/h4-10,15,19H,1,11-12H2,2-3H3. The second kappa shape index (κ2) is 7.61. The van der Waals surface area contributed by atoms with Crippen LogP contribution in [0.5, 0.6) is 0 Å². The number of nitrogens with one attached hydrogen (secondary N) is 1. The Morgan fingerprint density at radius 1 is 1.23 bits per heavy atom. The molecular weight excluding hydrogens is 278 g/mol. The first-order chi connectivity index (χ1) is 10.6. The maximum atomic E-state index is 11.6. The molecule has 0 amide bonds. The number of ether oxygens (including phenoxy) is 2. The number of hydrogen-bond donors (Lipinski definition) is 1. The summed E-state index contributed by atoms with van der Waals surface area (Å²) in [5.41, 5.74) is 1.39. The van der Waals surface area contributed by atoms with E-state index in [1.807, 2.05) is 24.3 Å². The van der Waals surface area contributed by atoms with Gasteiger partial charge in [0, 0.05) is 23.8 Å². The lowest BCUT2D eigenvalue weighted by Gasteiger charge is -2.19. The smallest absolute Gasteiger partial charge is 0.333 e. The zero-order chi connectivity index (χ0) is 15.9. The van der Waals surface area contributed by atoms with Crippen LogP contribution >= 0.6 is 0 Å². The van der Waals surface area contributed by atoms with Gasteiger partial charge in [-0.2, -0.15) is 0 Å². The second-order valence-electron chi connectivity index (χ2n) is 5.17. The molecule has 0 fully saturated rings.